The highest BCUT2D eigenvalue weighted by Crippen LogP contribution is 2.34. The summed E-state index contributed by atoms with van der Waals surface area (Å²) in [6, 6.07) is 11.4. The first kappa shape index (κ1) is 12.6. The number of nitrogens with two attached hydrogens (primary N) is 1. The molecule has 1 aliphatic rings. The molecule has 1 aromatic carbocycles. The molecular weight excluding hydrogens is 272 g/mol. The van der Waals surface area contributed by atoms with E-state index in [2.05, 4.69) is 6.07 Å². The molecule has 4 nitrogen and oxygen atoms in total. The van der Waals surface area contributed by atoms with E-state index in [0.717, 1.165) is 10.4 Å². The van der Waals surface area contributed by atoms with Crippen molar-refractivity contribution in [3.63, 3.8) is 0 Å². The van der Waals surface area contributed by atoms with E-state index in [-0.39, 0.29) is 0 Å². The first-order chi connectivity index (χ1) is 9.79. The van der Waals surface area contributed by atoms with Crippen LogP contribution in [0.3, 0.4) is 0 Å². The second-order valence-corrected chi connectivity index (χ2v) is 5.18. The molecule has 2 heterocycles. The summed E-state index contributed by atoms with van der Waals surface area (Å²) in [6.45, 7) is 1.08. The van der Waals surface area contributed by atoms with Gasteiger partial charge in [-0.25, -0.2) is 0 Å². The Hall–Kier alpha value is -2.45. The quantitative estimate of drug-likeness (QED) is 0.861. The molecular formula is C15H12N2O2S. The predicted molar refractivity (Wildman–Crippen MR) is 78.4 cm³/mol. The number of nitriles is 1. The van der Waals surface area contributed by atoms with E-state index < -0.39 is 0 Å². The number of rotatable bonds is 2. The largest absolute Gasteiger partial charge is 0.486 e. The number of allylic oxidation sites excluding steroid dienone is 1. The lowest BCUT2D eigenvalue weighted by Gasteiger charge is -2.19. The molecule has 0 amide bonds. The van der Waals surface area contributed by atoms with Crippen LogP contribution in [0.2, 0.25) is 0 Å². The number of ether oxygens (including phenoxy) is 2. The first-order valence-corrected chi connectivity index (χ1v) is 7.01. The predicted octanol–water partition coefficient (Wildman–Crippen LogP) is 2.87. The number of thiophene rings is 1. The van der Waals surface area contributed by atoms with Crippen LogP contribution >= 0.6 is 11.3 Å². The Kier molecular flexibility index (Phi) is 3.32. The van der Waals surface area contributed by atoms with Crippen molar-refractivity contribution in [3.8, 4) is 17.6 Å². The average Bonchev–Trinajstić information content (AvgIpc) is 3.01. The van der Waals surface area contributed by atoms with Crippen LogP contribution in [-0.4, -0.2) is 13.2 Å². The van der Waals surface area contributed by atoms with Crippen LogP contribution in [0.1, 0.15) is 10.4 Å². The molecule has 0 fully saturated rings. The van der Waals surface area contributed by atoms with E-state index in [0.29, 0.717) is 36.0 Å². The van der Waals surface area contributed by atoms with Gasteiger partial charge in [-0.3, -0.25) is 0 Å². The third kappa shape index (κ3) is 2.22. The molecule has 1 aromatic heterocycles. The van der Waals surface area contributed by atoms with Crippen molar-refractivity contribution in [1.82, 2.24) is 0 Å². The van der Waals surface area contributed by atoms with Gasteiger partial charge in [0.2, 0.25) is 0 Å². The lowest BCUT2D eigenvalue weighted by molar-refractivity contribution is 0.171. The Morgan fingerprint density at radius 2 is 2.00 bits per heavy atom. The fraction of sp³-hybridized carbons (Fsp3) is 0.133. The summed E-state index contributed by atoms with van der Waals surface area (Å²) in [7, 11) is 0. The maximum Gasteiger partial charge on any atom is 0.162 e. The van der Waals surface area contributed by atoms with E-state index in [1.807, 2.05) is 35.7 Å². The second kappa shape index (κ2) is 5.27. The summed E-state index contributed by atoms with van der Waals surface area (Å²) >= 11 is 1.49. The number of hydrogen-bond donors (Lipinski definition) is 1. The highest BCUT2D eigenvalue weighted by atomic mass is 32.1. The van der Waals surface area contributed by atoms with Gasteiger partial charge < -0.3 is 15.2 Å². The molecule has 5 heteroatoms. The number of nitrogens with zero attached hydrogens (tertiary/aromatic N) is 1. The monoisotopic (exact) mass is 284 g/mol. The zero-order chi connectivity index (χ0) is 13.9. The zero-order valence-electron chi connectivity index (χ0n) is 10.6. The second-order valence-electron chi connectivity index (χ2n) is 4.24. The van der Waals surface area contributed by atoms with Gasteiger partial charge in [0.1, 0.15) is 19.3 Å². The standard InChI is InChI=1S/C15H12N2O2S/c16-9-11(14-2-1-7-20-14)15(17)10-3-4-12-13(8-10)19-6-5-18-12/h1-4,7-8H,5-6,17H2/b15-11-. The third-order valence-electron chi connectivity index (χ3n) is 3.00. The van der Waals surface area contributed by atoms with Crippen LogP contribution < -0.4 is 15.2 Å². The molecule has 0 radical (unpaired) electrons. The van der Waals surface area contributed by atoms with Crippen molar-refractivity contribution in [2.75, 3.05) is 13.2 Å². The van der Waals surface area contributed by atoms with Crippen molar-refractivity contribution in [2.45, 2.75) is 0 Å². The van der Waals surface area contributed by atoms with Crippen molar-refractivity contribution in [3.05, 3.63) is 46.2 Å². The van der Waals surface area contributed by atoms with Gasteiger partial charge in [0.25, 0.3) is 0 Å². The smallest absolute Gasteiger partial charge is 0.162 e. The van der Waals surface area contributed by atoms with Gasteiger partial charge in [0, 0.05) is 10.4 Å². The minimum Gasteiger partial charge on any atom is -0.486 e. The summed E-state index contributed by atoms with van der Waals surface area (Å²) in [4.78, 5) is 0.861. The van der Waals surface area contributed by atoms with E-state index in [9.17, 15) is 5.26 Å². The fourth-order valence-electron chi connectivity index (χ4n) is 2.02. The van der Waals surface area contributed by atoms with Crippen molar-refractivity contribution >= 4 is 22.6 Å². The lowest BCUT2D eigenvalue weighted by Crippen LogP contribution is -2.15. The Balaban J connectivity index is 2.06. The Labute approximate surface area is 120 Å². The summed E-state index contributed by atoms with van der Waals surface area (Å²) in [5.74, 6) is 1.38. The maximum atomic E-state index is 9.33. The van der Waals surface area contributed by atoms with Gasteiger partial charge >= 0.3 is 0 Å². The summed E-state index contributed by atoms with van der Waals surface area (Å²) in [6.07, 6.45) is 0. The highest BCUT2D eigenvalue weighted by Gasteiger charge is 2.15. The molecule has 3 rings (SSSR count). The van der Waals surface area contributed by atoms with E-state index in [4.69, 9.17) is 15.2 Å². The summed E-state index contributed by atoms with van der Waals surface area (Å²) < 4.78 is 11.0. The number of hydrogen-bond acceptors (Lipinski definition) is 5. The molecule has 1 aliphatic heterocycles. The van der Waals surface area contributed by atoms with Crippen molar-refractivity contribution in [1.29, 1.82) is 5.26 Å². The Bertz CT molecular complexity index is 699. The van der Waals surface area contributed by atoms with Gasteiger partial charge in [-0.15, -0.1) is 11.3 Å². The normalized spacial score (nSPS) is 14.3. The SMILES string of the molecule is N#C/C(=C(/N)c1ccc2c(c1)OCCO2)c1cccs1. The van der Waals surface area contributed by atoms with Crippen LogP contribution in [0, 0.1) is 11.3 Å². The van der Waals surface area contributed by atoms with Gasteiger partial charge in [0.05, 0.1) is 11.3 Å². The molecule has 0 saturated heterocycles. The number of benzene rings is 1. The Morgan fingerprint density at radius 1 is 1.20 bits per heavy atom. The van der Waals surface area contributed by atoms with Gasteiger partial charge in [-0.05, 0) is 29.6 Å². The molecule has 0 atom stereocenters. The van der Waals surface area contributed by atoms with Crippen LogP contribution in [0.4, 0.5) is 0 Å². The van der Waals surface area contributed by atoms with E-state index >= 15 is 0 Å². The van der Waals surface area contributed by atoms with E-state index in [1.165, 1.54) is 11.3 Å². The molecule has 100 valence electrons. The van der Waals surface area contributed by atoms with Crippen molar-refractivity contribution < 1.29 is 9.47 Å². The minimum absolute atomic E-state index is 0.451. The zero-order valence-corrected chi connectivity index (χ0v) is 11.4. The lowest BCUT2D eigenvalue weighted by atomic mass is 10.1. The summed E-state index contributed by atoms with van der Waals surface area (Å²) in [5.41, 5.74) is 7.84. The van der Waals surface area contributed by atoms with Gasteiger partial charge in [-0.1, -0.05) is 6.07 Å². The molecule has 0 saturated carbocycles. The molecule has 0 spiro atoms. The van der Waals surface area contributed by atoms with Gasteiger partial charge in [0.15, 0.2) is 11.5 Å². The van der Waals surface area contributed by atoms with Crippen LogP contribution in [0.15, 0.2) is 35.7 Å². The molecule has 0 bridgehead atoms. The third-order valence-corrected chi connectivity index (χ3v) is 3.89. The molecule has 20 heavy (non-hydrogen) atoms. The van der Waals surface area contributed by atoms with Gasteiger partial charge in [-0.2, -0.15) is 5.26 Å². The molecule has 0 aliphatic carbocycles. The average molecular weight is 284 g/mol. The minimum atomic E-state index is 0.451. The van der Waals surface area contributed by atoms with Crippen molar-refractivity contribution in [2.24, 2.45) is 5.73 Å². The van der Waals surface area contributed by atoms with Crippen LogP contribution in [0.25, 0.3) is 11.3 Å². The Morgan fingerprint density at radius 3 is 2.70 bits per heavy atom. The molecule has 2 N–H and O–H groups in total. The maximum absolute atomic E-state index is 9.33. The topological polar surface area (TPSA) is 68.3 Å². The number of fused-ring (bicyclic) bond motifs is 1. The fourth-order valence-corrected chi connectivity index (χ4v) is 2.76. The van der Waals surface area contributed by atoms with Crippen LogP contribution in [-0.2, 0) is 0 Å². The molecule has 2 aromatic rings. The highest BCUT2D eigenvalue weighted by molar-refractivity contribution is 7.11. The van der Waals surface area contributed by atoms with Crippen LogP contribution in [0.5, 0.6) is 11.5 Å². The summed E-state index contributed by atoms with van der Waals surface area (Å²) in [5, 5.41) is 11.3. The van der Waals surface area contributed by atoms with E-state index in [1.54, 1.807) is 0 Å². The first-order valence-electron chi connectivity index (χ1n) is 6.13. The molecule has 0 unspecified atom stereocenters.